The second-order valence-corrected chi connectivity index (χ2v) is 15.0. The van der Waals surface area contributed by atoms with Crippen molar-refractivity contribution in [3.63, 3.8) is 0 Å². The Labute approximate surface area is 308 Å². The Morgan fingerprint density at radius 2 is 1.19 bits per heavy atom. The summed E-state index contributed by atoms with van der Waals surface area (Å²) in [5.74, 6) is -1.83. The molecule has 0 bridgehead atoms. The van der Waals surface area contributed by atoms with Gasteiger partial charge in [0.15, 0.2) is 5.78 Å². The number of aryl methyl sites for hydroxylation is 1. The van der Waals surface area contributed by atoms with Crippen molar-refractivity contribution in [2.75, 3.05) is 39.5 Å². The highest BCUT2D eigenvalue weighted by Crippen LogP contribution is 2.29. The Bertz CT molecular complexity index is 1480. The van der Waals surface area contributed by atoms with Gasteiger partial charge in [0.25, 0.3) is 0 Å². The largest absolute Gasteiger partial charge is 0.379 e. The fraction of sp³-hybridized carbons (Fsp3) is 0.575. The van der Waals surface area contributed by atoms with Crippen LogP contribution in [0.25, 0.3) is 0 Å². The van der Waals surface area contributed by atoms with E-state index in [2.05, 4.69) is 21.3 Å². The van der Waals surface area contributed by atoms with Crippen molar-refractivity contribution in [2.45, 2.75) is 96.5 Å². The molecule has 0 aliphatic carbocycles. The van der Waals surface area contributed by atoms with Gasteiger partial charge in [-0.25, -0.2) is 0 Å². The van der Waals surface area contributed by atoms with E-state index in [0.717, 1.165) is 11.1 Å². The fourth-order valence-electron chi connectivity index (χ4n) is 6.33. The van der Waals surface area contributed by atoms with Crippen LogP contribution in [0.1, 0.15) is 65.0 Å². The van der Waals surface area contributed by atoms with Gasteiger partial charge in [0, 0.05) is 19.5 Å². The number of amides is 4. The van der Waals surface area contributed by atoms with Gasteiger partial charge in [-0.1, -0.05) is 88.4 Å². The van der Waals surface area contributed by atoms with E-state index >= 15 is 0 Å². The van der Waals surface area contributed by atoms with Crippen LogP contribution in [0, 0.1) is 11.8 Å². The standard InChI is InChI=1S/C40H57N5O7/c1-27(2)22-32(36(47)40(5)26-52-40)42-39(50)34(24-30-14-10-7-11-15-30)44-38(49)33(23-28(3)4)43-37(48)31(17-16-29-12-8-6-9-13-29)41-35(46)25-45-18-20-51-21-19-45/h6-15,27-28,31-34H,16-26H2,1-5H3,(H,41,46)(H,42,50)(H,43,48)(H,44,49)/t31-,32?,33-,34+,40-/m1/s1. The maximum absolute atomic E-state index is 14.1. The van der Waals surface area contributed by atoms with Crippen molar-refractivity contribution in [2.24, 2.45) is 11.8 Å². The maximum atomic E-state index is 14.1. The summed E-state index contributed by atoms with van der Waals surface area (Å²) in [6.45, 7) is 12.3. The van der Waals surface area contributed by atoms with E-state index in [1.807, 2.05) is 93.3 Å². The molecule has 0 spiro atoms. The first-order chi connectivity index (χ1) is 24.8. The molecule has 12 nitrogen and oxygen atoms in total. The molecule has 4 N–H and O–H groups in total. The number of ketones is 1. The number of ether oxygens (including phenoxy) is 2. The maximum Gasteiger partial charge on any atom is 0.243 e. The molecular formula is C40H57N5O7. The highest BCUT2D eigenvalue weighted by Gasteiger charge is 2.50. The highest BCUT2D eigenvalue weighted by molar-refractivity contribution is 5.98. The second-order valence-electron chi connectivity index (χ2n) is 15.0. The molecule has 2 saturated heterocycles. The molecule has 284 valence electrons. The highest BCUT2D eigenvalue weighted by atomic mass is 16.6. The van der Waals surface area contributed by atoms with Crippen LogP contribution in [0.5, 0.6) is 0 Å². The lowest BCUT2D eigenvalue weighted by molar-refractivity contribution is -0.135. The van der Waals surface area contributed by atoms with Gasteiger partial charge in [-0.05, 0) is 55.6 Å². The smallest absolute Gasteiger partial charge is 0.243 e. The van der Waals surface area contributed by atoms with E-state index in [1.54, 1.807) is 6.92 Å². The van der Waals surface area contributed by atoms with Gasteiger partial charge >= 0.3 is 0 Å². The van der Waals surface area contributed by atoms with Crippen LogP contribution in [-0.2, 0) is 46.3 Å². The summed E-state index contributed by atoms with van der Waals surface area (Å²) in [4.78, 5) is 70.5. The number of epoxide rings is 1. The van der Waals surface area contributed by atoms with Crippen LogP contribution < -0.4 is 21.3 Å². The molecule has 5 atom stereocenters. The molecule has 2 aliphatic rings. The quantitative estimate of drug-likeness (QED) is 0.152. The number of nitrogens with zero attached hydrogens (tertiary/aromatic N) is 1. The summed E-state index contributed by atoms with van der Waals surface area (Å²) in [5, 5.41) is 11.7. The summed E-state index contributed by atoms with van der Waals surface area (Å²) in [6.07, 6.45) is 1.76. The molecular weight excluding hydrogens is 662 g/mol. The molecule has 2 aromatic carbocycles. The molecule has 2 aliphatic heterocycles. The van der Waals surface area contributed by atoms with Crippen LogP contribution in [0.2, 0.25) is 0 Å². The van der Waals surface area contributed by atoms with Crippen LogP contribution >= 0.6 is 0 Å². The first-order valence-electron chi connectivity index (χ1n) is 18.6. The van der Waals surface area contributed by atoms with E-state index < -0.39 is 47.5 Å². The number of benzene rings is 2. The summed E-state index contributed by atoms with van der Waals surface area (Å²) in [7, 11) is 0. The van der Waals surface area contributed by atoms with E-state index in [4.69, 9.17) is 9.47 Å². The molecule has 0 aromatic heterocycles. The van der Waals surface area contributed by atoms with Gasteiger partial charge < -0.3 is 30.7 Å². The fourth-order valence-corrected chi connectivity index (χ4v) is 6.33. The van der Waals surface area contributed by atoms with Gasteiger partial charge in [-0.2, -0.15) is 0 Å². The minimum Gasteiger partial charge on any atom is -0.379 e. The number of rotatable bonds is 20. The predicted octanol–water partition coefficient (Wildman–Crippen LogP) is 2.58. The Morgan fingerprint density at radius 1 is 0.692 bits per heavy atom. The number of hydrogen-bond acceptors (Lipinski definition) is 8. The summed E-state index contributed by atoms with van der Waals surface area (Å²) >= 11 is 0. The third-order valence-corrected chi connectivity index (χ3v) is 9.38. The number of carbonyl (C=O) groups excluding carboxylic acids is 5. The lowest BCUT2D eigenvalue weighted by Crippen LogP contribution is -2.59. The Kier molecular flexibility index (Phi) is 15.3. The first-order valence-corrected chi connectivity index (χ1v) is 18.6. The lowest BCUT2D eigenvalue weighted by Gasteiger charge is -2.29. The molecule has 0 saturated carbocycles. The van der Waals surface area contributed by atoms with Gasteiger partial charge in [-0.15, -0.1) is 0 Å². The van der Waals surface area contributed by atoms with Crippen molar-refractivity contribution >= 4 is 29.4 Å². The Morgan fingerprint density at radius 3 is 1.77 bits per heavy atom. The summed E-state index contributed by atoms with van der Waals surface area (Å²) in [6, 6.07) is 15.3. The van der Waals surface area contributed by atoms with Crippen LogP contribution in [0.15, 0.2) is 60.7 Å². The van der Waals surface area contributed by atoms with Gasteiger partial charge in [-0.3, -0.25) is 28.9 Å². The molecule has 1 unspecified atom stereocenters. The van der Waals surface area contributed by atoms with E-state index in [-0.39, 0.29) is 36.5 Å². The Balaban J connectivity index is 1.51. The van der Waals surface area contributed by atoms with E-state index in [0.29, 0.717) is 58.6 Å². The Hall–Kier alpha value is -4.13. The average molecular weight is 720 g/mol. The van der Waals surface area contributed by atoms with Crippen molar-refractivity contribution < 1.29 is 33.4 Å². The second kappa shape index (κ2) is 19.6. The minimum absolute atomic E-state index is 0.0171. The summed E-state index contributed by atoms with van der Waals surface area (Å²) in [5.41, 5.74) is 0.915. The average Bonchev–Trinajstić information content (AvgIpc) is 3.87. The third kappa shape index (κ3) is 13.1. The zero-order chi connectivity index (χ0) is 37.7. The number of nitrogens with one attached hydrogen (secondary N) is 4. The van der Waals surface area contributed by atoms with Crippen LogP contribution in [-0.4, -0.2) is 104 Å². The van der Waals surface area contributed by atoms with Crippen molar-refractivity contribution in [1.29, 1.82) is 0 Å². The molecule has 52 heavy (non-hydrogen) atoms. The van der Waals surface area contributed by atoms with Crippen molar-refractivity contribution in [3.8, 4) is 0 Å². The number of morpholine rings is 1. The van der Waals surface area contributed by atoms with Gasteiger partial charge in [0.2, 0.25) is 23.6 Å². The van der Waals surface area contributed by atoms with Crippen molar-refractivity contribution in [1.82, 2.24) is 26.2 Å². The number of hydrogen-bond donors (Lipinski definition) is 4. The van der Waals surface area contributed by atoms with Crippen molar-refractivity contribution in [3.05, 3.63) is 71.8 Å². The molecule has 12 heteroatoms. The zero-order valence-corrected chi connectivity index (χ0v) is 31.3. The molecule has 2 fully saturated rings. The molecule has 2 aromatic rings. The van der Waals surface area contributed by atoms with Gasteiger partial charge in [0.1, 0.15) is 23.7 Å². The summed E-state index contributed by atoms with van der Waals surface area (Å²) < 4.78 is 10.8. The number of Topliss-reactive ketones (excluding diaryl/α,β-unsaturated/α-hetero) is 1. The van der Waals surface area contributed by atoms with Crippen LogP contribution in [0.3, 0.4) is 0 Å². The lowest BCUT2D eigenvalue weighted by atomic mass is 9.93. The molecule has 0 radical (unpaired) electrons. The topological polar surface area (TPSA) is 158 Å². The molecule has 4 amide bonds. The third-order valence-electron chi connectivity index (χ3n) is 9.38. The first kappa shape index (κ1) is 40.6. The van der Waals surface area contributed by atoms with Gasteiger partial charge in [0.05, 0.1) is 32.4 Å². The van der Waals surface area contributed by atoms with E-state index in [9.17, 15) is 24.0 Å². The zero-order valence-electron chi connectivity index (χ0n) is 31.3. The normalized spacial score (nSPS) is 19.6. The van der Waals surface area contributed by atoms with Crippen LogP contribution in [0.4, 0.5) is 0 Å². The molecule has 2 heterocycles. The minimum atomic E-state index is -1.03. The SMILES string of the molecule is CC(C)CC(NC(=O)[C@H](Cc1ccccc1)NC(=O)[C@@H](CC(C)C)NC(=O)[C@@H](CCc1ccccc1)NC(=O)CN1CCOCC1)C(=O)[C@@]1(C)CO1. The predicted molar refractivity (Wildman–Crippen MR) is 198 cm³/mol. The monoisotopic (exact) mass is 719 g/mol. The number of carbonyl (C=O) groups is 5. The molecule has 4 rings (SSSR count). The van der Waals surface area contributed by atoms with E-state index in [1.165, 1.54) is 0 Å².